The van der Waals surface area contributed by atoms with E-state index >= 15 is 0 Å². The molecule has 1 amide bonds. The molecule has 200 valence electrons. The van der Waals surface area contributed by atoms with Gasteiger partial charge in [-0.1, -0.05) is 45.0 Å². The summed E-state index contributed by atoms with van der Waals surface area (Å²) in [6, 6.07) is 23.8. The third-order valence-corrected chi connectivity index (χ3v) is 6.99. The number of nitrogens with zero attached hydrogens (tertiary/aromatic N) is 1. The van der Waals surface area contributed by atoms with Gasteiger partial charge in [-0.15, -0.1) is 0 Å². The van der Waals surface area contributed by atoms with Gasteiger partial charge >= 0.3 is 5.97 Å². The van der Waals surface area contributed by atoms with Crippen LogP contribution in [0.15, 0.2) is 72.8 Å². The van der Waals surface area contributed by atoms with Crippen molar-refractivity contribution in [2.24, 2.45) is 0 Å². The van der Waals surface area contributed by atoms with Crippen molar-refractivity contribution in [1.82, 2.24) is 0 Å². The molecule has 0 aromatic heterocycles. The van der Waals surface area contributed by atoms with Crippen molar-refractivity contribution in [2.75, 3.05) is 23.3 Å². The second-order valence-electron chi connectivity index (χ2n) is 12.2. The number of piperidine rings is 1. The van der Waals surface area contributed by atoms with Crippen molar-refractivity contribution >= 4 is 23.3 Å². The summed E-state index contributed by atoms with van der Waals surface area (Å²) < 4.78 is 5.46. The molecule has 1 N–H and O–H groups in total. The largest absolute Gasteiger partial charge is 0.456 e. The van der Waals surface area contributed by atoms with Crippen LogP contribution < -0.4 is 10.2 Å². The van der Waals surface area contributed by atoms with E-state index in [1.165, 1.54) is 11.1 Å². The minimum atomic E-state index is -0.502. The molecule has 5 heteroatoms. The maximum absolute atomic E-state index is 12.9. The van der Waals surface area contributed by atoms with Gasteiger partial charge in [-0.3, -0.25) is 4.79 Å². The minimum Gasteiger partial charge on any atom is -0.456 e. The topological polar surface area (TPSA) is 58.6 Å². The normalized spacial score (nSPS) is 14.7. The van der Waals surface area contributed by atoms with E-state index in [1.807, 2.05) is 75.4 Å². The molecular weight excluding hydrogens is 472 g/mol. The van der Waals surface area contributed by atoms with Crippen molar-refractivity contribution < 1.29 is 14.3 Å². The number of hydrogen-bond donors (Lipinski definition) is 1. The summed E-state index contributed by atoms with van der Waals surface area (Å²) in [5.74, 6) is 0.0819. The van der Waals surface area contributed by atoms with Gasteiger partial charge in [0, 0.05) is 30.0 Å². The average molecular weight is 513 g/mol. The molecule has 5 nitrogen and oxygen atoms in total. The number of esters is 1. The highest BCUT2D eigenvalue weighted by Crippen LogP contribution is 2.31. The molecule has 0 saturated carbocycles. The van der Waals surface area contributed by atoms with Gasteiger partial charge in [0.25, 0.3) is 5.91 Å². The van der Waals surface area contributed by atoms with E-state index in [0.29, 0.717) is 17.0 Å². The average Bonchev–Trinajstić information content (AvgIpc) is 2.88. The molecule has 1 saturated heterocycles. The zero-order valence-electron chi connectivity index (χ0n) is 23.5. The fourth-order valence-electron chi connectivity index (χ4n) is 4.79. The highest BCUT2D eigenvalue weighted by atomic mass is 16.6. The SMILES string of the molecule is CC(C)(C)OC(=O)c1ccc(N2CCC(c3ccc(C(=O)Nc4cccc(C(C)(C)C)c4)cc3)CC2)cc1. The summed E-state index contributed by atoms with van der Waals surface area (Å²) in [5, 5.41) is 3.04. The molecule has 1 aliphatic heterocycles. The second kappa shape index (κ2) is 11.0. The lowest BCUT2D eigenvalue weighted by Crippen LogP contribution is -2.32. The first-order valence-electron chi connectivity index (χ1n) is 13.5. The number of amides is 1. The summed E-state index contributed by atoms with van der Waals surface area (Å²) in [5.41, 5.74) is 5.17. The molecule has 0 radical (unpaired) electrons. The number of ether oxygens (including phenoxy) is 1. The third kappa shape index (κ3) is 7.03. The Balaban J connectivity index is 1.32. The zero-order chi connectivity index (χ0) is 27.5. The van der Waals surface area contributed by atoms with Crippen LogP contribution in [0.2, 0.25) is 0 Å². The second-order valence-corrected chi connectivity index (χ2v) is 12.2. The number of hydrogen-bond acceptors (Lipinski definition) is 4. The molecule has 38 heavy (non-hydrogen) atoms. The maximum atomic E-state index is 12.9. The summed E-state index contributed by atoms with van der Waals surface area (Å²) in [6.07, 6.45) is 2.08. The standard InChI is InChI=1S/C33H40N2O3/c1-32(2,3)27-8-7-9-28(22-27)34-30(36)25-12-10-23(11-13-25)24-18-20-35(21-19-24)29-16-14-26(15-17-29)31(37)38-33(4,5)6/h7-17,22,24H,18-21H2,1-6H3,(H,34,36). The number of benzene rings is 3. The lowest BCUT2D eigenvalue weighted by molar-refractivity contribution is 0.00694. The van der Waals surface area contributed by atoms with Gasteiger partial charge in [-0.2, -0.15) is 0 Å². The van der Waals surface area contributed by atoms with E-state index < -0.39 is 5.60 Å². The van der Waals surface area contributed by atoms with Gasteiger partial charge in [-0.25, -0.2) is 4.79 Å². The van der Waals surface area contributed by atoms with E-state index in [0.717, 1.165) is 37.3 Å². The highest BCUT2D eigenvalue weighted by molar-refractivity contribution is 6.04. The van der Waals surface area contributed by atoms with Crippen molar-refractivity contribution in [3.63, 3.8) is 0 Å². The van der Waals surface area contributed by atoms with Crippen LogP contribution in [-0.4, -0.2) is 30.6 Å². The van der Waals surface area contributed by atoms with E-state index in [-0.39, 0.29) is 17.3 Å². The van der Waals surface area contributed by atoms with Crippen LogP contribution in [0.5, 0.6) is 0 Å². The summed E-state index contributed by atoms with van der Waals surface area (Å²) in [6.45, 7) is 14.0. The lowest BCUT2D eigenvalue weighted by atomic mass is 9.87. The maximum Gasteiger partial charge on any atom is 0.338 e. The van der Waals surface area contributed by atoms with Crippen molar-refractivity contribution in [3.8, 4) is 0 Å². The molecule has 0 spiro atoms. The summed E-state index contributed by atoms with van der Waals surface area (Å²) >= 11 is 0. The Kier molecular flexibility index (Phi) is 7.96. The molecular formula is C33H40N2O3. The number of carbonyl (C=O) groups is 2. The predicted molar refractivity (Wildman–Crippen MR) is 155 cm³/mol. The van der Waals surface area contributed by atoms with Crippen LogP contribution in [0.3, 0.4) is 0 Å². The van der Waals surface area contributed by atoms with Crippen molar-refractivity contribution in [2.45, 2.75) is 71.3 Å². The first-order valence-corrected chi connectivity index (χ1v) is 13.5. The Morgan fingerprint density at radius 2 is 1.42 bits per heavy atom. The Morgan fingerprint density at radius 1 is 0.816 bits per heavy atom. The molecule has 0 bridgehead atoms. The molecule has 0 aliphatic carbocycles. The fourth-order valence-corrected chi connectivity index (χ4v) is 4.79. The third-order valence-electron chi connectivity index (χ3n) is 6.99. The van der Waals surface area contributed by atoms with Crippen LogP contribution in [0, 0.1) is 0 Å². The minimum absolute atomic E-state index is 0.0293. The first-order chi connectivity index (χ1) is 17.9. The van der Waals surface area contributed by atoms with Gasteiger partial charge in [0.05, 0.1) is 5.56 Å². The Hall–Kier alpha value is -3.60. The summed E-state index contributed by atoms with van der Waals surface area (Å²) in [4.78, 5) is 27.5. The Bertz CT molecular complexity index is 1260. The van der Waals surface area contributed by atoms with E-state index in [4.69, 9.17) is 4.74 Å². The van der Waals surface area contributed by atoms with Crippen LogP contribution >= 0.6 is 0 Å². The van der Waals surface area contributed by atoms with Crippen molar-refractivity contribution in [1.29, 1.82) is 0 Å². The number of rotatable bonds is 5. The lowest BCUT2D eigenvalue weighted by Gasteiger charge is -2.34. The smallest absolute Gasteiger partial charge is 0.338 e. The van der Waals surface area contributed by atoms with Gasteiger partial charge in [0.2, 0.25) is 0 Å². The Labute approximate surface area is 227 Å². The van der Waals surface area contributed by atoms with Gasteiger partial charge in [0.1, 0.15) is 5.60 Å². The quantitative estimate of drug-likeness (QED) is 0.358. The molecule has 0 atom stereocenters. The van der Waals surface area contributed by atoms with E-state index in [9.17, 15) is 9.59 Å². The molecule has 0 unspecified atom stereocenters. The zero-order valence-corrected chi connectivity index (χ0v) is 23.5. The van der Waals surface area contributed by atoms with Gasteiger partial charge < -0.3 is 15.0 Å². The number of nitrogens with one attached hydrogen (secondary N) is 1. The van der Waals surface area contributed by atoms with Gasteiger partial charge in [-0.05, 0) is 105 Å². The van der Waals surface area contributed by atoms with Gasteiger partial charge in [0.15, 0.2) is 0 Å². The van der Waals surface area contributed by atoms with E-state index in [2.05, 4.69) is 49.2 Å². The molecule has 3 aromatic rings. The molecule has 4 rings (SSSR count). The predicted octanol–water partition coefficient (Wildman–Crippen LogP) is 7.58. The van der Waals surface area contributed by atoms with Crippen LogP contribution in [-0.2, 0) is 10.2 Å². The monoisotopic (exact) mass is 512 g/mol. The first kappa shape index (κ1) is 27.4. The molecule has 1 aliphatic rings. The molecule has 1 heterocycles. The molecule has 1 fully saturated rings. The van der Waals surface area contributed by atoms with Crippen LogP contribution in [0.4, 0.5) is 11.4 Å². The summed E-state index contributed by atoms with van der Waals surface area (Å²) in [7, 11) is 0. The number of carbonyl (C=O) groups excluding carboxylic acids is 2. The Morgan fingerprint density at radius 3 is 2.00 bits per heavy atom. The number of anilines is 2. The fraction of sp³-hybridized carbons (Fsp3) is 0.394. The van der Waals surface area contributed by atoms with Crippen molar-refractivity contribution in [3.05, 3.63) is 95.1 Å². The molecule has 3 aromatic carbocycles. The van der Waals surface area contributed by atoms with Crippen LogP contribution in [0.25, 0.3) is 0 Å². The van der Waals surface area contributed by atoms with E-state index in [1.54, 1.807) is 0 Å². The van der Waals surface area contributed by atoms with Crippen LogP contribution in [0.1, 0.15) is 92.1 Å². The highest BCUT2D eigenvalue weighted by Gasteiger charge is 2.22.